The smallest absolute Gasteiger partial charge is 0.137 e. The van der Waals surface area contributed by atoms with Gasteiger partial charge in [-0.1, -0.05) is 23.7 Å². The Morgan fingerprint density at radius 2 is 2.19 bits per heavy atom. The van der Waals surface area contributed by atoms with Crippen molar-refractivity contribution in [2.75, 3.05) is 7.11 Å². The van der Waals surface area contributed by atoms with Crippen LogP contribution in [0.1, 0.15) is 16.5 Å². The molecule has 4 heteroatoms. The molecule has 0 saturated heterocycles. The summed E-state index contributed by atoms with van der Waals surface area (Å²) in [7, 11) is 1.60. The monoisotopic (exact) mass is 253 g/mol. The van der Waals surface area contributed by atoms with Crippen molar-refractivity contribution >= 4 is 22.9 Å². The van der Waals surface area contributed by atoms with Crippen LogP contribution in [0.2, 0.25) is 5.02 Å². The Hall–Kier alpha value is -1.03. The molecule has 2 nitrogen and oxygen atoms in total. The summed E-state index contributed by atoms with van der Waals surface area (Å²) in [5.74, 6) is 0.658. The van der Waals surface area contributed by atoms with E-state index in [1.807, 2.05) is 35.7 Å². The van der Waals surface area contributed by atoms with Gasteiger partial charge in [0.25, 0.3) is 0 Å². The Bertz CT molecular complexity index is 470. The number of methoxy groups -OCH3 is 1. The average Bonchev–Trinajstić information content (AvgIpc) is 2.82. The molecule has 16 heavy (non-hydrogen) atoms. The molecule has 1 atom stereocenters. The van der Waals surface area contributed by atoms with Crippen LogP contribution in [0, 0.1) is 0 Å². The molecule has 2 N–H and O–H groups in total. The molecule has 2 aromatic rings. The van der Waals surface area contributed by atoms with Crippen LogP contribution in [0.3, 0.4) is 0 Å². The normalized spacial score (nSPS) is 12.4. The summed E-state index contributed by atoms with van der Waals surface area (Å²) in [6, 6.07) is 9.51. The van der Waals surface area contributed by atoms with Crippen LogP contribution in [0.25, 0.3) is 0 Å². The van der Waals surface area contributed by atoms with Gasteiger partial charge in [0, 0.05) is 4.88 Å². The number of halogens is 1. The Morgan fingerprint density at radius 3 is 2.81 bits per heavy atom. The fourth-order valence-corrected chi connectivity index (χ4v) is 2.45. The van der Waals surface area contributed by atoms with Crippen LogP contribution >= 0.6 is 22.9 Å². The zero-order chi connectivity index (χ0) is 11.5. The molecule has 0 aliphatic carbocycles. The van der Waals surface area contributed by atoms with Crippen molar-refractivity contribution in [2.45, 2.75) is 6.04 Å². The average molecular weight is 254 g/mol. The van der Waals surface area contributed by atoms with Gasteiger partial charge in [-0.2, -0.15) is 0 Å². The zero-order valence-electron chi connectivity index (χ0n) is 8.81. The topological polar surface area (TPSA) is 35.2 Å². The van der Waals surface area contributed by atoms with Crippen molar-refractivity contribution in [1.29, 1.82) is 0 Å². The highest BCUT2D eigenvalue weighted by atomic mass is 35.5. The maximum atomic E-state index is 6.15. The summed E-state index contributed by atoms with van der Waals surface area (Å²) in [6.45, 7) is 0. The first kappa shape index (κ1) is 11.5. The van der Waals surface area contributed by atoms with Crippen LogP contribution in [0.4, 0.5) is 0 Å². The second kappa shape index (κ2) is 4.87. The van der Waals surface area contributed by atoms with E-state index in [0.717, 1.165) is 10.4 Å². The number of thiophene rings is 1. The third kappa shape index (κ3) is 2.21. The Labute approximate surface area is 104 Å². The molecule has 1 aromatic carbocycles. The number of hydrogen-bond donors (Lipinski definition) is 1. The van der Waals surface area contributed by atoms with Crippen molar-refractivity contribution < 1.29 is 4.74 Å². The van der Waals surface area contributed by atoms with Gasteiger partial charge in [-0.3, -0.25) is 0 Å². The van der Waals surface area contributed by atoms with Crippen molar-refractivity contribution in [3.05, 3.63) is 51.2 Å². The predicted molar refractivity (Wildman–Crippen MR) is 68.4 cm³/mol. The summed E-state index contributed by atoms with van der Waals surface area (Å²) in [5.41, 5.74) is 7.15. The fraction of sp³-hybridized carbons (Fsp3) is 0.167. The van der Waals surface area contributed by atoms with Crippen molar-refractivity contribution in [3.8, 4) is 5.75 Å². The van der Waals surface area contributed by atoms with E-state index in [1.165, 1.54) is 0 Å². The predicted octanol–water partition coefficient (Wildman–Crippen LogP) is 3.46. The van der Waals surface area contributed by atoms with E-state index in [0.29, 0.717) is 10.8 Å². The highest BCUT2D eigenvalue weighted by Crippen LogP contribution is 2.30. The molecule has 1 unspecified atom stereocenters. The summed E-state index contributed by atoms with van der Waals surface area (Å²) in [4.78, 5) is 1.13. The van der Waals surface area contributed by atoms with Crippen molar-refractivity contribution in [1.82, 2.24) is 0 Å². The Morgan fingerprint density at radius 1 is 1.38 bits per heavy atom. The standard InChI is InChI=1S/C12H12ClNOS/c1-15-10-7-8(4-5-9(10)13)12(14)11-3-2-6-16-11/h2-7,12H,14H2,1H3. The molecule has 0 spiro atoms. The quantitative estimate of drug-likeness (QED) is 0.909. The Kier molecular flexibility index (Phi) is 3.49. The zero-order valence-corrected chi connectivity index (χ0v) is 10.4. The van der Waals surface area contributed by atoms with Gasteiger partial charge in [-0.25, -0.2) is 0 Å². The van der Waals surface area contributed by atoms with E-state index in [4.69, 9.17) is 22.1 Å². The van der Waals surface area contributed by atoms with Crippen molar-refractivity contribution in [2.24, 2.45) is 5.73 Å². The second-order valence-electron chi connectivity index (χ2n) is 3.39. The molecule has 84 valence electrons. The van der Waals surface area contributed by atoms with Gasteiger partial charge in [-0.15, -0.1) is 11.3 Å². The minimum Gasteiger partial charge on any atom is -0.495 e. The number of hydrogen-bond acceptors (Lipinski definition) is 3. The van der Waals surface area contributed by atoms with Gasteiger partial charge in [0.15, 0.2) is 0 Å². The summed E-state index contributed by atoms with van der Waals surface area (Å²) >= 11 is 7.61. The Balaban J connectivity index is 2.34. The maximum Gasteiger partial charge on any atom is 0.137 e. The summed E-state index contributed by atoms with van der Waals surface area (Å²) < 4.78 is 5.17. The number of rotatable bonds is 3. The lowest BCUT2D eigenvalue weighted by Crippen LogP contribution is -2.10. The molecular formula is C12H12ClNOS. The van der Waals surface area contributed by atoms with Gasteiger partial charge in [0.05, 0.1) is 18.2 Å². The number of nitrogens with two attached hydrogens (primary N) is 1. The molecule has 0 radical (unpaired) electrons. The van der Waals surface area contributed by atoms with Crippen LogP contribution in [0.5, 0.6) is 5.75 Å². The SMILES string of the molecule is COc1cc(C(N)c2cccs2)ccc1Cl. The van der Waals surface area contributed by atoms with Crippen molar-refractivity contribution in [3.63, 3.8) is 0 Å². The molecule has 0 aliphatic heterocycles. The van der Waals surface area contributed by atoms with E-state index in [2.05, 4.69) is 0 Å². The maximum absolute atomic E-state index is 6.15. The van der Waals surface area contributed by atoms with E-state index in [-0.39, 0.29) is 6.04 Å². The lowest BCUT2D eigenvalue weighted by molar-refractivity contribution is 0.414. The molecular weight excluding hydrogens is 242 g/mol. The lowest BCUT2D eigenvalue weighted by atomic mass is 10.1. The van der Waals surface area contributed by atoms with Crippen LogP contribution in [0.15, 0.2) is 35.7 Å². The molecule has 0 amide bonds. The van der Waals surface area contributed by atoms with Gasteiger partial charge in [-0.05, 0) is 29.1 Å². The molecule has 0 saturated carbocycles. The summed E-state index contributed by atoms with van der Waals surface area (Å²) in [6.07, 6.45) is 0. The highest BCUT2D eigenvalue weighted by Gasteiger charge is 2.11. The largest absolute Gasteiger partial charge is 0.495 e. The fourth-order valence-electron chi connectivity index (χ4n) is 1.50. The van der Waals surface area contributed by atoms with E-state index in [9.17, 15) is 0 Å². The van der Waals surface area contributed by atoms with Gasteiger partial charge >= 0.3 is 0 Å². The van der Waals surface area contributed by atoms with Crippen LogP contribution < -0.4 is 10.5 Å². The van der Waals surface area contributed by atoms with E-state index >= 15 is 0 Å². The molecule has 2 rings (SSSR count). The van der Waals surface area contributed by atoms with E-state index < -0.39 is 0 Å². The minimum atomic E-state index is -0.119. The molecule has 0 bridgehead atoms. The van der Waals surface area contributed by atoms with Gasteiger partial charge in [0.2, 0.25) is 0 Å². The number of benzene rings is 1. The molecule has 0 fully saturated rings. The van der Waals surface area contributed by atoms with Crippen LogP contribution in [-0.2, 0) is 0 Å². The lowest BCUT2D eigenvalue weighted by Gasteiger charge is -2.12. The first-order chi connectivity index (χ1) is 7.72. The highest BCUT2D eigenvalue weighted by molar-refractivity contribution is 7.10. The number of ether oxygens (including phenoxy) is 1. The van der Waals surface area contributed by atoms with E-state index in [1.54, 1.807) is 18.4 Å². The minimum absolute atomic E-state index is 0.119. The first-order valence-corrected chi connectivity index (χ1v) is 6.10. The second-order valence-corrected chi connectivity index (χ2v) is 4.77. The third-order valence-electron chi connectivity index (χ3n) is 2.38. The van der Waals surface area contributed by atoms with Crippen LogP contribution in [-0.4, -0.2) is 7.11 Å². The molecule has 0 aliphatic rings. The van der Waals surface area contributed by atoms with Gasteiger partial charge in [0.1, 0.15) is 5.75 Å². The third-order valence-corrected chi connectivity index (χ3v) is 3.65. The molecule has 1 heterocycles. The first-order valence-electron chi connectivity index (χ1n) is 4.85. The summed E-state index contributed by atoms with van der Waals surface area (Å²) in [5, 5.41) is 2.62. The molecule has 1 aromatic heterocycles. The van der Waals surface area contributed by atoms with Gasteiger partial charge < -0.3 is 10.5 Å².